The van der Waals surface area contributed by atoms with E-state index in [0.29, 0.717) is 6.61 Å². The van der Waals surface area contributed by atoms with Gasteiger partial charge in [-0.2, -0.15) is 0 Å². The van der Waals surface area contributed by atoms with Crippen LogP contribution in [0, 0.1) is 0 Å². The van der Waals surface area contributed by atoms with Crippen molar-refractivity contribution in [1.82, 2.24) is 4.90 Å². The molecule has 0 unspecified atom stereocenters. The summed E-state index contributed by atoms with van der Waals surface area (Å²) < 4.78 is 5.42. The van der Waals surface area contributed by atoms with Crippen LogP contribution in [0.4, 0.5) is 4.79 Å². The number of carboxylic acids is 1. The zero-order valence-corrected chi connectivity index (χ0v) is 17.6. The lowest BCUT2D eigenvalue weighted by molar-refractivity contribution is -0.143. The first-order valence-electron chi connectivity index (χ1n) is 11.3. The molecule has 1 fully saturated rings. The molecule has 0 saturated heterocycles. The van der Waals surface area contributed by atoms with Gasteiger partial charge in [0, 0.05) is 6.04 Å². The van der Waals surface area contributed by atoms with Crippen LogP contribution in [0.3, 0.4) is 0 Å². The van der Waals surface area contributed by atoms with E-state index in [0.717, 1.165) is 38.5 Å². The van der Waals surface area contributed by atoms with Gasteiger partial charge >= 0.3 is 12.1 Å². The van der Waals surface area contributed by atoms with Gasteiger partial charge in [0.15, 0.2) is 0 Å². The van der Waals surface area contributed by atoms with Crippen LogP contribution < -0.4 is 0 Å². The van der Waals surface area contributed by atoms with Crippen LogP contribution in [-0.2, 0) is 9.53 Å². The van der Waals surface area contributed by atoms with Crippen molar-refractivity contribution >= 4 is 12.1 Å². The van der Waals surface area contributed by atoms with Crippen LogP contribution in [0.1, 0.15) is 110 Å². The normalized spacial score (nSPS) is 16.1. The monoisotopic (exact) mass is 383 g/mol. The summed E-state index contributed by atoms with van der Waals surface area (Å²) in [6, 6.07) is -0.821. The molecule has 1 aliphatic carbocycles. The van der Waals surface area contributed by atoms with E-state index >= 15 is 0 Å². The summed E-state index contributed by atoms with van der Waals surface area (Å²) in [5.41, 5.74) is 0. The number of carbonyl (C=O) groups excluding carboxylic acids is 1. The predicted octanol–water partition coefficient (Wildman–Crippen LogP) is 6.15. The molecule has 5 heteroatoms. The molecule has 1 N–H and O–H groups in total. The van der Waals surface area contributed by atoms with Crippen LogP contribution in [0.25, 0.3) is 0 Å². The summed E-state index contributed by atoms with van der Waals surface area (Å²) in [4.78, 5) is 25.4. The number of unbranched alkanes of at least 4 members (excludes halogenated alkanes) is 9. The minimum Gasteiger partial charge on any atom is -0.480 e. The molecule has 0 heterocycles. The van der Waals surface area contributed by atoms with Gasteiger partial charge in [0.05, 0.1) is 6.61 Å². The number of aliphatic carboxylic acids is 1. The van der Waals surface area contributed by atoms with E-state index in [2.05, 4.69) is 6.92 Å². The summed E-state index contributed by atoms with van der Waals surface area (Å²) in [6.07, 6.45) is 16.9. The summed E-state index contributed by atoms with van der Waals surface area (Å²) >= 11 is 0. The van der Waals surface area contributed by atoms with Crippen molar-refractivity contribution in [2.75, 3.05) is 6.61 Å². The molecule has 1 aliphatic rings. The average molecular weight is 384 g/mol. The van der Waals surface area contributed by atoms with Crippen molar-refractivity contribution in [3.63, 3.8) is 0 Å². The lowest BCUT2D eigenvalue weighted by atomic mass is 9.93. The van der Waals surface area contributed by atoms with E-state index in [4.69, 9.17) is 4.74 Å². The number of rotatable bonds is 14. The molecule has 1 atom stereocenters. The Morgan fingerprint density at radius 3 is 1.96 bits per heavy atom. The van der Waals surface area contributed by atoms with Crippen LogP contribution >= 0.6 is 0 Å². The third-order valence-electron chi connectivity index (χ3n) is 5.68. The molecular formula is C22H41NO4. The molecule has 0 aromatic rings. The Balaban J connectivity index is 2.19. The first-order valence-corrected chi connectivity index (χ1v) is 11.3. The van der Waals surface area contributed by atoms with Gasteiger partial charge in [-0.15, -0.1) is 0 Å². The second-order valence-corrected chi connectivity index (χ2v) is 8.01. The summed E-state index contributed by atoms with van der Waals surface area (Å²) in [7, 11) is 0. The highest BCUT2D eigenvalue weighted by atomic mass is 16.6. The Hall–Kier alpha value is -1.26. The van der Waals surface area contributed by atoms with Crippen LogP contribution in [0.2, 0.25) is 0 Å². The first-order chi connectivity index (χ1) is 13.1. The fraction of sp³-hybridized carbons (Fsp3) is 0.909. The maximum absolute atomic E-state index is 12.5. The molecule has 0 spiro atoms. The molecule has 0 aromatic carbocycles. The highest BCUT2D eigenvalue weighted by Crippen LogP contribution is 2.25. The smallest absolute Gasteiger partial charge is 0.410 e. The molecule has 5 nitrogen and oxygen atoms in total. The van der Waals surface area contributed by atoms with E-state index < -0.39 is 18.1 Å². The van der Waals surface area contributed by atoms with Gasteiger partial charge < -0.3 is 9.84 Å². The number of hydrogen-bond donors (Lipinski definition) is 1. The van der Waals surface area contributed by atoms with Gasteiger partial charge in [-0.25, -0.2) is 9.59 Å². The zero-order valence-electron chi connectivity index (χ0n) is 17.6. The van der Waals surface area contributed by atoms with E-state index in [1.165, 1.54) is 62.7 Å². The van der Waals surface area contributed by atoms with Crippen LogP contribution in [-0.4, -0.2) is 40.8 Å². The fourth-order valence-electron chi connectivity index (χ4n) is 3.93. The number of ether oxygens (including phenoxy) is 1. The second kappa shape index (κ2) is 14.8. The molecule has 0 aromatic heterocycles. The molecule has 1 saturated carbocycles. The summed E-state index contributed by atoms with van der Waals surface area (Å²) in [6.45, 7) is 4.22. The molecule has 0 bridgehead atoms. The van der Waals surface area contributed by atoms with Crippen LogP contribution in [0.5, 0.6) is 0 Å². The zero-order chi connectivity index (χ0) is 19.9. The lowest BCUT2D eigenvalue weighted by Gasteiger charge is -2.36. The van der Waals surface area contributed by atoms with Crippen molar-refractivity contribution in [1.29, 1.82) is 0 Å². The van der Waals surface area contributed by atoms with Crippen molar-refractivity contribution < 1.29 is 19.4 Å². The maximum Gasteiger partial charge on any atom is 0.410 e. The van der Waals surface area contributed by atoms with Crippen LogP contribution in [0.15, 0.2) is 0 Å². The lowest BCUT2D eigenvalue weighted by Crippen LogP contribution is -2.50. The molecule has 0 radical (unpaired) electrons. The summed E-state index contributed by atoms with van der Waals surface area (Å²) in [5, 5.41) is 9.34. The van der Waals surface area contributed by atoms with Gasteiger partial charge in [-0.05, 0) is 26.2 Å². The fourth-order valence-corrected chi connectivity index (χ4v) is 3.93. The van der Waals surface area contributed by atoms with Gasteiger partial charge in [-0.3, -0.25) is 4.90 Å². The topological polar surface area (TPSA) is 66.8 Å². The number of hydrogen-bond acceptors (Lipinski definition) is 3. The minimum atomic E-state index is -0.962. The Bertz CT molecular complexity index is 407. The Kier molecular flexibility index (Phi) is 13.0. The predicted molar refractivity (Wildman–Crippen MR) is 109 cm³/mol. The van der Waals surface area contributed by atoms with Gasteiger partial charge in [0.2, 0.25) is 0 Å². The molecule has 0 aliphatic heterocycles. The van der Waals surface area contributed by atoms with Gasteiger partial charge in [-0.1, -0.05) is 84.0 Å². The number of amides is 1. The van der Waals surface area contributed by atoms with Gasteiger partial charge in [0.25, 0.3) is 0 Å². The van der Waals surface area contributed by atoms with E-state index in [-0.39, 0.29) is 6.04 Å². The molecule has 1 rings (SSSR count). The third-order valence-corrected chi connectivity index (χ3v) is 5.68. The quantitative estimate of drug-likeness (QED) is 0.365. The van der Waals surface area contributed by atoms with Gasteiger partial charge in [0.1, 0.15) is 6.04 Å². The third kappa shape index (κ3) is 10.0. The van der Waals surface area contributed by atoms with Crippen molar-refractivity contribution in [3.8, 4) is 0 Å². The Morgan fingerprint density at radius 1 is 0.926 bits per heavy atom. The Morgan fingerprint density at radius 2 is 1.44 bits per heavy atom. The highest BCUT2D eigenvalue weighted by molar-refractivity contribution is 5.79. The molecule has 158 valence electrons. The standard InChI is InChI=1S/C22H41NO4/c1-3-4-5-6-7-8-9-10-11-15-18-27-22(26)23(19(2)21(24)25)20-16-13-12-14-17-20/h19-20H,3-18H2,1-2H3,(H,24,25)/t19-/m0/s1. The largest absolute Gasteiger partial charge is 0.480 e. The van der Waals surface area contributed by atoms with Crippen molar-refractivity contribution in [3.05, 3.63) is 0 Å². The van der Waals surface area contributed by atoms with Crippen molar-refractivity contribution in [2.24, 2.45) is 0 Å². The number of carbonyl (C=O) groups is 2. The minimum absolute atomic E-state index is 0.00468. The second-order valence-electron chi connectivity index (χ2n) is 8.01. The summed E-state index contributed by atoms with van der Waals surface area (Å²) in [5.74, 6) is -0.962. The maximum atomic E-state index is 12.5. The average Bonchev–Trinajstić information content (AvgIpc) is 2.67. The van der Waals surface area contributed by atoms with E-state index in [9.17, 15) is 14.7 Å². The number of carboxylic acid groups (broad SMARTS) is 1. The first kappa shape index (κ1) is 23.8. The Labute approximate surface area is 165 Å². The SMILES string of the molecule is CCCCCCCCCCCCOC(=O)N(C1CCCCC1)[C@@H](C)C(=O)O. The molecule has 1 amide bonds. The highest BCUT2D eigenvalue weighted by Gasteiger charge is 2.33. The molecular weight excluding hydrogens is 342 g/mol. The van der Waals surface area contributed by atoms with E-state index in [1.807, 2.05) is 0 Å². The van der Waals surface area contributed by atoms with E-state index in [1.54, 1.807) is 6.92 Å². The van der Waals surface area contributed by atoms with Crippen molar-refractivity contribution in [2.45, 2.75) is 122 Å². The number of nitrogens with zero attached hydrogens (tertiary/aromatic N) is 1. The molecule has 27 heavy (non-hydrogen) atoms.